The Morgan fingerprint density at radius 2 is 2.28 bits per heavy atom. The average molecular weight is 360 g/mol. The summed E-state index contributed by atoms with van der Waals surface area (Å²) < 4.78 is 5.36. The van der Waals surface area contributed by atoms with Gasteiger partial charge in [-0.1, -0.05) is 0 Å². The van der Waals surface area contributed by atoms with Crippen LogP contribution in [0.1, 0.15) is 18.1 Å². The zero-order valence-electron chi connectivity index (χ0n) is 9.47. The number of esters is 1. The summed E-state index contributed by atoms with van der Waals surface area (Å²) in [5.74, 6) is -0.509. The van der Waals surface area contributed by atoms with Crippen LogP contribution in [0.4, 0.5) is 5.69 Å². The monoisotopic (exact) mass is 360 g/mol. The second-order valence-electron chi connectivity index (χ2n) is 3.31. The third-order valence-corrected chi connectivity index (χ3v) is 2.74. The summed E-state index contributed by atoms with van der Waals surface area (Å²) in [6.07, 6.45) is -0.144. The van der Waals surface area contributed by atoms with Crippen molar-refractivity contribution < 1.29 is 14.5 Å². The van der Waals surface area contributed by atoms with Crippen LogP contribution < -0.4 is 0 Å². The molecule has 0 aliphatic rings. The summed E-state index contributed by atoms with van der Waals surface area (Å²) >= 11 is 1.90. The molecule has 0 N–H and O–H groups in total. The van der Waals surface area contributed by atoms with E-state index in [1.807, 2.05) is 22.6 Å². The molecule has 0 spiro atoms. The van der Waals surface area contributed by atoms with Crippen LogP contribution in [0.25, 0.3) is 0 Å². The molecule has 1 aromatic carbocycles. The van der Waals surface area contributed by atoms with Gasteiger partial charge in [0.15, 0.2) is 0 Å². The maximum atomic E-state index is 11.4. The topological polar surface area (TPSA) is 93.2 Å². The minimum Gasteiger partial charge on any atom is -0.466 e. The van der Waals surface area contributed by atoms with Crippen molar-refractivity contribution in [3.05, 3.63) is 36.9 Å². The van der Waals surface area contributed by atoms with Crippen molar-refractivity contribution in [2.24, 2.45) is 0 Å². The Kier molecular flexibility index (Phi) is 5.03. The van der Waals surface area contributed by atoms with Crippen LogP contribution >= 0.6 is 22.6 Å². The maximum Gasteiger partial charge on any atom is 0.310 e. The van der Waals surface area contributed by atoms with E-state index in [1.54, 1.807) is 19.1 Å². The van der Waals surface area contributed by atoms with Crippen LogP contribution in [-0.4, -0.2) is 17.5 Å². The summed E-state index contributed by atoms with van der Waals surface area (Å²) in [4.78, 5) is 21.6. The Balaban J connectivity index is 3.23. The van der Waals surface area contributed by atoms with Crippen LogP contribution in [0, 0.1) is 25.0 Å². The standard InChI is InChI=1S/C11H9IN2O4/c1-2-18-11(15)4-7-3-8(12)5-10(14(16)17)9(7)6-13/h3,5H,2,4H2,1H3. The van der Waals surface area contributed by atoms with Crippen molar-refractivity contribution in [1.82, 2.24) is 0 Å². The predicted octanol–water partition coefficient (Wildman–Crippen LogP) is 2.18. The number of halogens is 1. The molecule has 94 valence electrons. The van der Waals surface area contributed by atoms with Crippen molar-refractivity contribution >= 4 is 34.2 Å². The zero-order chi connectivity index (χ0) is 13.7. The molecule has 0 aliphatic carbocycles. The number of hydrogen-bond donors (Lipinski definition) is 0. The maximum absolute atomic E-state index is 11.4. The molecular formula is C11H9IN2O4. The first-order chi connectivity index (χ1) is 8.49. The molecule has 0 saturated heterocycles. The molecule has 0 atom stereocenters. The first-order valence-corrected chi connectivity index (χ1v) is 6.10. The Morgan fingerprint density at radius 1 is 1.61 bits per heavy atom. The fourth-order valence-electron chi connectivity index (χ4n) is 1.43. The minimum absolute atomic E-state index is 0.0894. The molecule has 6 nitrogen and oxygen atoms in total. The van der Waals surface area contributed by atoms with Gasteiger partial charge in [-0.3, -0.25) is 14.9 Å². The van der Waals surface area contributed by atoms with Crippen molar-refractivity contribution in [3.63, 3.8) is 0 Å². The Morgan fingerprint density at radius 3 is 2.78 bits per heavy atom. The summed E-state index contributed by atoms with van der Waals surface area (Å²) in [5.41, 5.74) is -0.0632. The van der Waals surface area contributed by atoms with Gasteiger partial charge in [0.05, 0.1) is 18.0 Å². The van der Waals surface area contributed by atoms with Crippen molar-refractivity contribution in [3.8, 4) is 6.07 Å². The smallest absolute Gasteiger partial charge is 0.310 e. The fourth-order valence-corrected chi connectivity index (χ4v) is 2.10. The van der Waals surface area contributed by atoms with Gasteiger partial charge in [0.1, 0.15) is 11.6 Å². The number of nitriles is 1. The summed E-state index contributed by atoms with van der Waals surface area (Å²) in [5, 5.41) is 19.8. The van der Waals surface area contributed by atoms with E-state index in [9.17, 15) is 14.9 Å². The highest BCUT2D eigenvalue weighted by atomic mass is 127. The lowest BCUT2D eigenvalue weighted by atomic mass is 10.0. The van der Waals surface area contributed by atoms with Crippen molar-refractivity contribution in [2.75, 3.05) is 6.61 Å². The Hall–Kier alpha value is -1.69. The molecule has 0 radical (unpaired) electrons. The van der Waals surface area contributed by atoms with Gasteiger partial charge in [-0.05, 0) is 41.1 Å². The van der Waals surface area contributed by atoms with E-state index in [0.29, 0.717) is 9.13 Å². The van der Waals surface area contributed by atoms with Gasteiger partial charge in [-0.15, -0.1) is 0 Å². The van der Waals surface area contributed by atoms with Crippen molar-refractivity contribution in [1.29, 1.82) is 5.26 Å². The van der Waals surface area contributed by atoms with Gasteiger partial charge in [0.25, 0.3) is 5.69 Å². The number of carbonyl (C=O) groups excluding carboxylic acids is 1. The van der Waals surface area contributed by atoms with Gasteiger partial charge < -0.3 is 4.74 Å². The number of nitrogens with zero attached hydrogens (tertiary/aromatic N) is 2. The number of nitro groups is 1. The molecular weight excluding hydrogens is 351 g/mol. The van der Waals surface area contributed by atoms with Gasteiger partial charge in [0, 0.05) is 9.64 Å². The second kappa shape index (κ2) is 6.30. The lowest BCUT2D eigenvalue weighted by Crippen LogP contribution is -2.10. The first-order valence-electron chi connectivity index (χ1n) is 5.02. The lowest BCUT2D eigenvalue weighted by Gasteiger charge is -2.05. The molecule has 7 heteroatoms. The Bertz CT molecular complexity index is 537. The molecule has 1 aromatic rings. The number of ether oxygens (including phenoxy) is 1. The van der Waals surface area contributed by atoms with Crippen LogP contribution in [0.2, 0.25) is 0 Å². The molecule has 0 amide bonds. The highest BCUT2D eigenvalue weighted by molar-refractivity contribution is 14.1. The van der Waals surface area contributed by atoms with Gasteiger partial charge in [-0.25, -0.2) is 0 Å². The third kappa shape index (κ3) is 3.40. The molecule has 0 aromatic heterocycles. The first kappa shape index (κ1) is 14.4. The van der Waals surface area contributed by atoms with E-state index in [2.05, 4.69) is 0 Å². The predicted molar refractivity (Wildman–Crippen MR) is 70.9 cm³/mol. The van der Waals surface area contributed by atoms with Crippen LogP contribution in [-0.2, 0) is 16.0 Å². The number of benzene rings is 1. The Labute approximate surface area is 117 Å². The van der Waals surface area contributed by atoms with E-state index in [1.165, 1.54) is 6.07 Å². The molecule has 0 heterocycles. The van der Waals surface area contributed by atoms with E-state index in [0.717, 1.165) is 0 Å². The molecule has 0 fully saturated rings. The molecule has 0 saturated carbocycles. The highest BCUT2D eigenvalue weighted by Crippen LogP contribution is 2.25. The fraction of sp³-hybridized carbons (Fsp3) is 0.273. The van der Waals surface area contributed by atoms with E-state index in [-0.39, 0.29) is 24.3 Å². The number of hydrogen-bond acceptors (Lipinski definition) is 5. The minimum atomic E-state index is -0.630. The average Bonchev–Trinajstić information content (AvgIpc) is 2.28. The van der Waals surface area contributed by atoms with Crippen molar-refractivity contribution in [2.45, 2.75) is 13.3 Å². The summed E-state index contributed by atoms with van der Waals surface area (Å²) in [6, 6.07) is 4.64. The van der Waals surface area contributed by atoms with Gasteiger partial charge in [-0.2, -0.15) is 5.26 Å². The second-order valence-corrected chi connectivity index (χ2v) is 4.56. The van der Waals surface area contributed by atoms with Crippen LogP contribution in [0.5, 0.6) is 0 Å². The molecule has 0 bridgehead atoms. The normalized spacial score (nSPS) is 9.61. The SMILES string of the molecule is CCOC(=O)Cc1cc(I)cc([N+](=O)[O-])c1C#N. The van der Waals surface area contributed by atoms with E-state index < -0.39 is 10.9 Å². The summed E-state index contributed by atoms with van der Waals surface area (Å²) in [6.45, 7) is 1.90. The molecule has 1 rings (SSSR count). The molecule has 0 unspecified atom stereocenters. The number of rotatable bonds is 4. The largest absolute Gasteiger partial charge is 0.466 e. The lowest BCUT2D eigenvalue weighted by molar-refractivity contribution is -0.385. The van der Waals surface area contributed by atoms with Crippen LogP contribution in [0.15, 0.2) is 12.1 Å². The molecule has 0 aliphatic heterocycles. The molecule has 18 heavy (non-hydrogen) atoms. The number of carbonyl (C=O) groups is 1. The zero-order valence-corrected chi connectivity index (χ0v) is 11.6. The highest BCUT2D eigenvalue weighted by Gasteiger charge is 2.20. The van der Waals surface area contributed by atoms with E-state index in [4.69, 9.17) is 10.00 Å². The van der Waals surface area contributed by atoms with Gasteiger partial charge >= 0.3 is 5.97 Å². The van der Waals surface area contributed by atoms with E-state index >= 15 is 0 Å². The number of nitro benzene ring substituents is 1. The van der Waals surface area contributed by atoms with Crippen LogP contribution in [0.3, 0.4) is 0 Å². The summed E-state index contributed by atoms with van der Waals surface area (Å²) in [7, 11) is 0. The quantitative estimate of drug-likeness (QED) is 0.355. The third-order valence-electron chi connectivity index (χ3n) is 2.11. The van der Waals surface area contributed by atoms with Gasteiger partial charge in [0.2, 0.25) is 0 Å².